The molecule has 0 spiro atoms. The molecule has 0 aliphatic carbocycles. The minimum absolute atomic E-state index is 0.306. The molecule has 1 aromatic carbocycles. The van der Waals surface area contributed by atoms with Gasteiger partial charge in [0.25, 0.3) is 0 Å². The third-order valence-electron chi connectivity index (χ3n) is 2.47. The molecule has 0 aromatic heterocycles. The molecule has 1 aromatic rings. The van der Waals surface area contributed by atoms with Crippen molar-refractivity contribution in [2.24, 2.45) is 5.73 Å². The molecule has 0 aliphatic heterocycles. The SMILES string of the molecule is COc1ccc(O)c(CN(C)CCCN)c1. The second-order valence-electron chi connectivity index (χ2n) is 3.87. The van der Waals surface area contributed by atoms with E-state index >= 15 is 0 Å². The quantitative estimate of drug-likeness (QED) is 0.762. The van der Waals surface area contributed by atoms with Crippen LogP contribution in [-0.4, -0.2) is 37.3 Å². The topological polar surface area (TPSA) is 58.7 Å². The van der Waals surface area contributed by atoms with Gasteiger partial charge in [0.2, 0.25) is 0 Å². The van der Waals surface area contributed by atoms with Crippen LogP contribution in [0.4, 0.5) is 0 Å². The fourth-order valence-corrected chi connectivity index (χ4v) is 1.55. The molecule has 4 nitrogen and oxygen atoms in total. The lowest BCUT2D eigenvalue weighted by Crippen LogP contribution is -2.21. The van der Waals surface area contributed by atoms with Crippen LogP contribution in [0.2, 0.25) is 0 Å². The molecule has 16 heavy (non-hydrogen) atoms. The molecule has 90 valence electrons. The van der Waals surface area contributed by atoms with Gasteiger partial charge in [-0.25, -0.2) is 0 Å². The second-order valence-corrected chi connectivity index (χ2v) is 3.87. The third-order valence-corrected chi connectivity index (χ3v) is 2.47. The molecule has 0 amide bonds. The zero-order valence-electron chi connectivity index (χ0n) is 9.94. The van der Waals surface area contributed by atoms with E-state index in [0.717, 1.165) is 24.3 Å². The highest BCUT2D eigenvalue weighted by Crippen LogP contribution is 2.23. The minimum Gasteiger partial charge on any atom is -0.508 e. The normalized spacial score (nSPS) is 10.8. The van der Waals surface area contributed by atoms with Crippen LogP contribution < -0.4 is 10.5 Å². The summed E-state index contributed by atoms with van der Waals surface area (Å²) >= 11 is 0. The van der Waals surface area contributed by atoms with Gasteiger partial charge in [0.15, 0.2) is 0 Å². The summed E-state index contributed by atoms with van der Waals surface area (Å²) in [5, 5.41) is 9.70. The van der Waals surface area contributed by atoms with Gasteiger partial charge in [-0.2, -0.15) is 0 Å². The van der Waals surface area contributed by atoms with Gasteiger partial charge in [0, 0.05) is 12.1 Å². The van der Waals surface area contributed by atoms with Gasteiger partial charge in [0.1, 0.15) is 11.5 Å². The van der Waals surface area contributed by atoms with E-state index < -0.39 is 0 Å². The van der Waals surface area contributed by atoms with E-state index in [1.54, 1.807) is 19.2 Å². The van der Waals surface area contributed by atoms with E-state index in [1.165, 1.54) is 0 Å². The van der Waals surface area contributed by atoms with Crippen LogP contribution in [0.1, 0.15) is 12.0 Å². The summed E-state index contributed by atoms with van der Waals surface area (Å²) in [5.74, 6) is 1.07. The Labute approximate surface area is 96.6 Å². The Morgan fingerprint density at radius 3 is 2.81 bits per heavy atom. The molecule has 3 N–H and O–H groups in total. The highest BCUT2D eigenvalue weighted by atomic mass is 16.5. The predicted molar refractivity (Wildman–Crippen MR) is 64.7 cm³/mol. The maximum atomic E-state index is 9.70. The molecule has 0 unspecified atom stereocenters. The molecular weight excluding hydrogens is 204 g/mol. The zero-order chi connectivity index (χ0) is 12.0. The van der Waals surface area contributed by atoms with Crippen molar-refractivity contribution in [2.45, 2.75) is 13.0 Å². The number of phenols is 1. The van der Waals surface area contributed by atoms with Crippen molar-refractivity contribution >= 4 is 0 Å². The summed E-state index contributed by atoms with van der Waals surface area (Å²) < 4.78 is 5.12. The first-order chi connectivity index (χ1) is 7.67. The van der Waals surface area contributed by atoms with E-state index in [-0.39, 0.29) is 0 Å². The van der Waals surface area contributed by atoms with Crippen LogP contribution in [0, 0.1) is 0 Å². The molecule has 0 bridgehead atoms. The lowest BCUT2D eigenvalue weighted by Gasteiger charge is -2.17. The number of benzene rings is 1. The summed E-state index contributed by atoms with van der Waals surface area (Å²) in [6, 6.07) is 5.26. The van der Waals surface area contributed by atoms with E-state index in [1.807, 2.05) is 13.1 Å². The molecule has 0 fully saturated rings. The molecule has 0 radical (unpaired) electrons. The van der Waals surface area contributed by atoms with Gasteiger partial charge in [-0.3, -0.25) is 0 Å². The fraction of sp³-hybridized carbons (Fsp3) is 0.500. The summed E-state index contributed by atoms with van der Waals surface area (Å²) in [6.45, 7) is 2.31. The number of nitrogens with zero attached hydrogens (tertiary/aromatic N) is 1. The number of phenolic OH excluding ortho intramolecular Hbond substituents is 1. The minimum atomic E-state index is 0.306. The van der Waals surface area contributed by atoms with Crippen molar-refractivity contribution in [2.75, 3.05) is 27.2 Å². The number of hydrogen-bond donors (Lipinski definition) is 2. The molecule has 4 heteroatoms. The largest absolute Gasteiger partial charge is 0.508 e. The first kappa shape index (κ1) is 12.8. The van der Waals surface area contributed by atoms with Gasteiger partial charge < -0.3 is 20.5 Å². The number of nitrogens with two attached hydrogens (primary N) is 1. The summed E-state index contributed by atoms with van der Waals surface area (Å²) in [6.07, 6.45) is 0.960. The fourth-order valence-electron chi connectivity index (χ4n) is 1.55. The van der Waals surface area contributed by atoms with Crippen molar-refractivity contribution in [3.8, 4) is 11.5 Å². The highest BCUT2D eigenvalue weighted by molar-refractivity contribution is 5.39. The van der Waals surface area contributed by atoms with E-state index in [2.05, 4.69) is 4.90 Å². The third kappa shape index (κ3) is 3.72. The Morgan fingerprint density at radius 2 is 2.19 bits per heavy atom. The Morgan fingerprint density at radius 1 is 1.44 bits per heavy atom. The van der Waals surface area contributed by atoms with Gasteiger partial charge >= 0.3 is 0 Å². The molecular formula is C12H20N2O2. The monoisotopic (exact) mass is 224 g/mol. The molecule has 0 heterocycles. The number of aromatic hydroxyl groups is 1. The number of rotatable bonds is 6. The van der Waals surface area contributed by atoms with Crippen LogP contribution >= 0.6 is 0 Å². The van der Waals surface area contributed by atoms with Gasteiger partial charge in [-0.05, 0) is 44.8 Å². The lowest BCUT2D eigenvalue weighted by atomic mass is 10.1. The first-order valence-electron chi connectivity index (χ1n) is 5.42. The average molecular weight is 224 g/mol. The van der Waals surface area contributed by atoms with Crippen LogP contribution in [-0.2, 0) is 6.54 Å². The van der Waals surface area contributed by atoms with Crippen LogP contribution in [0.5, 0.6) is 11.5 Å². The Bertz CT molecular complexity index is 329. The highest BCUT2D eigenvalue weighted by Gasteiger charge is 2.06. The number of ether oxygens (including phenoxy) is 1. The van der Waals surface area contributed by atoms with E-state index in [4.69, 9.17) is 10.5 Å². The van der Waals surface area contributed by atoms with Gasteiger partial charge in [0.05, 0.1) is 7.11 Å². The lowest BCUT2D eigenvalue weighted by molar-refractivity contribution is 0.316. The van der Waals surface area contributed by atoms with Crippen LogP contribution in [0.3, 0.4) is 0 Å². The molecule has 0 saturated heterocycles. The summed E-state index contributed by atoms with van der Waals surface area (Å²) in [4.78, 5) is 2.13. The van der Waals surface area contributed by atoms with Gasteiger partial charge in [-0.1, -0.05) is 0 Å². The standard InChI is InChI=1S/C12H20N2O2/c1-14(7-3-6-13)9-10-8-11(16-2)4-5-12(10)15/h4-5,8,15H,3,6-7,9,13H2,1-2H3. The first-order valence-corrected chi connectivity index (χ1v) is 5.42. The van der Waals surface area contributed by atoms with Crippen molar-refractivity contribution in [3.05, 3.63) is 23.8 Å². The van der Waals surface area contributed by atoms with Crippen LogP contribution in [0.25, 0.3) is 0 Å². The van der Waals surface area contributed by atoms with Crippen molar-refractivity contribution < 1.29 is 9.84 Å². The van der Waals surface area contributed by atoms with E-state index in [9.17, 15) is 5.11 Å². The summed E-state index contributed by atoms with van der Waals surface area (Å²) in [5.41, 5.74) is 6.32. The Balaban J connectivity index is 2.64. The second kappa shape index (κ2) is 6.35. The molecule has 1 rings (SSSR count). The van der Waals surface area contributed by atoms with E-state index in [0.29, 0.717) is 18.8 Å². The van der Waals surface area contributed by atoms with Crippen LogP contribution in [0.15, 0.2) is 18.2 Å². The molecule has 0 atom stereocenters. The zero-order valence-corrected chi connectivity index (χ0v) is 9.94. The maximum absolute atomic E-state index is 9.70. The molecule has 0 aliphatic rings. The van der Waals surface area contributed by atoms with Crippen molar-refractivity contribution in [3.63, 3.8) is 0 Å². The summed E-state index contributed by atoms with van der Waals surface area (Å²) in [7, 11) is 3.63. The Hall–Kier alpha value is -1.26. The number of hydrogen-bond acceptors (Lipinski definition) is 4. The van der Waals surface area contributed by atoms with Crippen molar-refractivity contribution in [1.29, 1.82) is 0 Å². The maximum Gasteiger partial charge on any atom is 0.120 e. The smallest absolute Gasteiger partial charge is 0.120 e. The predicted octanol–water partition coefficient (Wildman–Crippen LogP) is 1.18. The van der Waals surface area contributed by atoms with Crippen molar-refractivity contribution in [1.82, 2.24) is 4.90 Å². The average Bonchev–Trinajstić information content (AvgIpc) is 2.29. The number of methoxy groups -OCH3 is 1. The molecule has 0 saturated carbocycles. The Kier molecular flexibility index (Phi) is 5.08. The van der Waals surface area contributed by atoms with Gasteiger partial charge in [-0.15, -0.1) is 0 Å².